The Kier molecular flexibility index (Phi) is 2.90. The fourth-order valence-electron chi connectivity index (χ4n) is 1.67. The van der Waals surface area contributed by atoms with E-state index >= 15 is 0 Å². The summed E-state index contributed by atoms with van der Waals surface area (Å²) in [7, 11) is 0. The van der Waals surface area contributed by atoms with E-state index in [1.165, 1.54) is 0 Å². The second-order valence-corrected chi connectivity index (χ2v) is 4.77. The highest BCUT2D eigenvalue weighted by atomic mass is 16.4. The van der Waals surface area contributed by atoms with Crippen molar-refractivity contribution >= 4 is 5.97 Å². The van der Waals surface area contributed by atoms with E-state index in [1.807, 2.05) is 0 Å². The number of aromatic nitrogens is 2. The summed E-state index contributed by atoms with van der Waals surface area (Å²) in [6.07, 6.45) is 2.98. The van der Waals surface area contributed by atoms with Gasteiger partial charge in [-0.25, -0.2) is 14.8 Å². The summed E-state index contributed by atoms with van der Waals surface area (Å²) in [5, 5.41) is 8.98. The first-order chi connectivity index (χ1) is 7.56. The first-order valence-corrected chi connectivity index (χ1v) is 5.67. The van der Waals surface area contributed by atoms with Gasteiger partial charge in [0, 0.05) is 18.0 Å². The van der Waals surface area contributed by atoms with Crippen molar-refractivity contribution in [1.29, 1.82) is 0 Å². The van der Waals surface area contributed by atoms with Gasteiger partial charge in [0.05, 0.1) is 0 Å². The molecule has 0 amide bonds. The van der Waals surface area contributed by atoms with E-state index in [0.29, 0.717) is 17.7 Å². The normalized spacial score (nSPS) is 15.4. The van der Waals surface area contributed by atoms with Crippen LogP contribution in [0, 0.1) is 5.92 Å². The summed E-state index contributed by atoms with van der Waals surface area (Å²) in [6.45, 7) is 4.15. The van der Waals surface area contributed by atoms with Crippen LogP contribution in [0.1, 0.15) is 54.6 Å². The first kappa shape index (κ1) is 11.0. The Hall–Kier alpha value is -1.45. The van der Waals surface area contributed by atoms with Crippen LogP contribution < -0.4 is 0 Å². The SMILES string of the molecule is CC(C)Cc1nc(C(=O)O)cc(C2CC2)n1. The van der Waals surface area contributed by atoms with Crippen molar-refractivity contribution in [1.82, 2.24) is 9.97 Å². The van der Waals surface area contributed by atoms with E-state index in [9.17, 15) is 4.79 Å². The minimum atomic E-state index is -0.964. The van der Waals surface area contributed by atoms with Gasteiger partial charge in [-0.3, -0.25) is 0 Å². The van der Waals surface area contributed by atoms with E-state index in [-0.39, 0.29) is 5.69 Å². The molecule has 1 aromatic rings. The zero-order chi connectivity index (χ0) is 11.7. The topological polar surface area (TPSA) is 63.1 Å². The Morgan fingerprint density at radius 1 is 1.50 bits per heavy atom. The van der Waals surface area contributed by atoms with Crippen LogP contribution >= 0.6 is 0 Å². The highest BCUT2D eigenvalue weighted by molar-refractivity contribution is 5.85. The van der Waals surface area contributed by atoms with Gasteiger partial charge >= 0.3 is 5.97 Å². The van der Waals surface area contributed by atoms with Gasteiger partial charge in [-0.2, -0.15) is 0 Å². The largest absolute Gasteiger partial charge is 0.477 e. The number of hydrogen-bond acceptors (Lipinski definition) is 3. The third-order valence-electron chi connectivity index (χ3n) is 2.60. The van der Waals surface area contributed by atoms with Crippen LogP contribution in [0.4, 0.5) is 0 Å². The summed E-state index contributed by atoms with van der Waals surface area (Å²) in [4.78, 5) is 19.5. The van der Waals surface area contributed by atoms with Crippen LogP contribution in [0.25, 0.3) is 0 Å². The predicted molar refractivity (Wildman–Crippen MR) is 59.5 cm³/mol. The summed E-state index contributed by atoms with van der Waals surface area (Å²) >= 11 is 0. The third kappa shape index (κ3) is 2.56. The van der Waals surface area contributed by atoms with Crippen LogP contribution in [-0.2, 0) is 6.42 Å². The lowest BCUT2D eigenvalue weighted by Gasteiger charge is -2.07. The third-order valence-corrected chi connectivity index (χ3v) is 2.60. The lowest BCUT2D eigenvalue weighted by molar-refractivity contribution is 0.0689. The molecule has 1 fully saturated rings. The molecular formula is C12H16N2O2. The number of rotatable bonds is 4. The van der Waals surface area contributed by atoms with Crippen molar-refractivity contribution in [3.05, 3.63) is 23.3 Å². The number of carboxylic acid groups (broad SMARTS) is 1. The Morgan fingerprint density at radius 3 is 2.69 bits per heavy atom. The van der Waals surface area contributed by atoms with Crippen LogP contribution in [-0.4, -0.2) is 21.0 Å². The van der Waals surface area contributed by atoms with Crippen molar-refractivity contribution in [2.45, 2.75) is 39.0 Å². The number of hydrogen-bond donors (Lipinski definition) is 1. The van der Waals surface area contributed by atoms with Crippen molar-refractivity contribution in [3.8, 4) is 0 Å². The second kappa shape index (κ2) is 4.20. The summed E-state index contributed by atoms with van der Waals surface area (Å²) in [6, 6.07) is 1.61. The molecule has 0 unspecified atom stereocenters. The highest BCUT2D eigenvalue weighted by Gasteiger charge is 2.27. The van der Waals surface area contributed by atoms with Gasteiger partial charge in [-0.1, -0.05) is 13.8 Å². The molecule has 4 nitrogen and oxygen atoms in total. The molecule has 16 heavy (non-hydrogen) atoms. The summed E-state index contributed by atoms with van der Waals surface area (Å²) in [5.74, 6) is 0.606. The zero-order valence-corrected chi connectivity index (χ0v) is 9.60. The van der Waals surface area contributed by atoms with E-state index in [0.717, 1.165) is 25.0 Å². The molecule has 1 aliphatic rings. The molecule has 1 aliphatic carbocycles. The van der Waals surface area contributed by atoms with Gasteiger partial charge in [0.25, 0.3) is 0 Å². The molecule has 1 heterocycles. The second-order valence-electron chi connectivity index (χ2n) is 4.77. The standard InChI is InChI=1S/C12H16N2O2/c1-7(2)5-11-13-9(8-3-4-8)6-10(14-11)12(15)16/h6-8H,3-5H2,1-2H3,(H,15,16). The fraction of sp³-hybridized carbons (Fsp3) is 0.583. The molecule has 2 rings (SSSR count). The molecule has 1 saturated carbocycles. The van der Waals surface area contributed by atoms with Gasteiger partial charge in [0.1, 0.15) is 5.82 Å². The van der Waals surface area contributed by atoms with Gasteiger partial charge in [-0.05, 0) is 24.8 Å². The first-order valence-electron chi connectivity index (χ1n) is 5.67. The van der Waals surface area contributed by atoms with Crippen LogP contribution in [0.3, 0.4) is 0 Å². The van der Waals surface area contributed by atoms with Gasteiger partial charge in [0.15, 0.2) is 5.69 Å². The van der Waals surface area contributed by atoms with Crippen molar-refractivity contribution in [2.75, 3.05) is 0 Å². The van der Waals surface area contributed by atoms with Crippen molar-refractivity contribution in [2.24, 2.45) is 5.92 Å². The van der Waals surface area contributed by atoms with Gasteiger partial charge < -0.3 is 5.11 Å². The molecule has 0 saturated heterocycles. The number of aromatic carboxylic acids is 1. The average Bonchev–Trinajstić information content (AvgIpc) is 2.98. The highest BCUT2D eigenvalue weighted by Crippen LogP contribution is 2.39. The smallest absolute Gasteiger partial charge is 0.354 e. The lowest BCUT2D eigenvalue weighted by Crippen LogP contribution is -2.09. The van der Waals surface area contributed by atoms with E-state index in [1.54, 1.807) is 6.07 Å². The minimum absolute atomic E-state index is 0.132. The number of nitrogens with zero attached hydrogens (tertiary/aromatic N) is 2. The van der Waals surface area contributed by atoms with Crippen LogP contribution in [0.15, 0.2) is 6.07 Å². The quantitative estimate of drug-likeness (QED) is 0.845. The number of carboxylic acids is 1. The van der Waals surface area contributed by atoms with E-state index in [4.69, 9.17) is 5.11 Å². The molecule has 0 atom stereocenters. The molecule has 1 N–H and O–H groups in total. The molecule has 0 bridgehead atoms. The molecular weight excluding hydrogens is 204 g/mol. The Bertz CT molecular complexity index is 411. The summed E-state index contributed by atoms with van der Waals surface area (Å²) < 4.78 is 0. The predicted octanol–water partition coefficient (Wildman–Crippen LogP) is 2.25. The average molecular weight is 220 g/mol. The van der Waals surface area contributed by atoms with E-state index in [2.05, 4.69) is 23.8 Å². The lowest BCUT2D eigenvalue weighted by atomic mass is 10.1. The Balaban J connectivity index is 2.32. The maximum atomic E-state index is 10.9. The van der Waals surface area contributed by atoms with Crippen molar-refractivity contribution < 1.29 is 9.90 Å². The van der Waals surface area contributed by atoms with Gasteiger partial charge in [0.2, 0.25) is 0 Å². The number of carbonyl (C=O) groups is 1. The minimum Gasteiger partial charge on any atom is -0.477 e. The van der Waals surface area contributed by atoms with E-state index < -0.39 is 5.97 Å². The van der Waals surface area contributed by atoms with Gasteiger partial charge in [-0.15, -0.1) is 0 Å². The molecule has 1 aromatic heterocycles. The van der Waals surface area contributed by atoms with Crippen LogP contribution in [0.2, 0.25) is 0 Å². The zero-order valence-electron chi connectivity index (χ0n) is 9.60. The molecule has 0 spiro atoms. The van der Waals surface area contributed by atoms with Crippen LogP contribution in [0.5, 0.6) is 0 Å². The Labute approximate surface area is 94.7 Å². The van der Waals surface area contributed by atoms with Crippen molar-refractivity contribution in [3.63, 3.8) is 0 Å². The molecule has 0 radical (unpaired) electrons. The summed E-state index contributed by atoms with van der Waals surface area (Å²) in [5.41, 5.74) is 1.04. The maximum Gasteiger partial charge on any atom is 0.354 e. The molecule has 0 aliphatic heterocycles. The molecule has 86 valence electrons. The molecule has 4 heteroatoms. The fourth-order valence-corrected chi connectivity index (χ4v) is 1.67. The Morgan fingerprint density at radius 2 is 2.19 bits per heavy atom. The monoisotopic (exact) mass is 220 g/mol. The maximum absolute atomic E-state index is 10.9. The molecule has 0 aromatic carbocycles.